The Morgan fingerprint density at radius 2 is 1.62 bits per heavy atom. The highest BCUT2D eigenvalue weighted by atomic mass is 16.5. The highest BCUT2D eigenvalue weighted by Crippen LogP contribution is 2.32. The Bertz CT molecular complexity index is 657. The first-order valence-electron chi connectivity index (χ1n) is 8.40. The Hall–Kier alpha value is -2.00. The Labute approximate surface area is 145 Å². The van der Waals surface area contributed by atoms with Crippen molar-refractivity contribution in [2.45, 2.75) is 38.5 Å². The summed E-state index contributed by atoms with van der Waals surface area (Å²) in [6.45, 7) is 7.24. The summed E-state index contributed by atoms with van der Waals surface area (Å²) in [5.74, 6) is 1.88. The van der Waals surface area contributed by atoms with E-state index >= 15 is 0 Å². The molecule has 0 amide bonds. The van der Waals surface area contributed by atoms with Gasteiger partial charge in [0.15, 0.2) is 0 Å². The van der Waals surface area contributed by atoms with Crippen LogP contribution < -0.4 is 15.2 Å². The minimum atomic E-state index is 0.168. The number of hydrogen-bond donors (Lipinski definition) is 1. The number of nitrogens with two attached hydrogens (primary N) is 1. The van der Waals surface area contributed by atoms with Crippen LogP contribution in [0.3, 0.4) is 0 Å². The van der Waals surface area contributed by atoms with Crippen LogP contribution in [0.4, 0.5) is 0 Å². The van der Waals surface area contributed by atoms with Gasteiger partial charge >= 0.3 is 0 Å². The van der Waals surface area contributed by atoms with Gasteiger partial charge in [-0.05, 0) is 47.7 Å². The molecule has 1 atom stereocenters. The molecule has 2 N–H and O–H groups in total. The summed E-state index contributed by atoms with van der Waals surface area (Å²) in [6.07, 6.45) is 0.879. The number of ether oxygens (including phenoxy) is 2. The summed E-state index contributed by atoms with van der Waals surface area (Å²) in [5, 5.41) is 0. The molecule has 0 spiro atoms. The zero-order valence-corrected chi connectivity index (χ0v) is 15.4. The fourth-order valence-corrected chi connectivity index (χ4v) is 2.90. The van der Waals surface area contributed by atoms with Crippen molar-refractivity contribution in [2.24, 2.45) is 5.73 Å². The van der Waals surface area contributed by atoms with Gasteiger partial charge in [0.05, 0.1) is 14.2 Å². The van der Waals surface area contributed by atoms with Crippen LogP contribution in [0, 0.1) is 0 Å². The molecule has 2 aromatic carbocycles. The van der Waals surface area contributed by atoms with Crippen molar-refractivity contribution in [1.82, 2.24) is 0 Å². The minimum absolute atomic E-state index is 0.168. The highest BCUT2D eigenvalue weighted by molar-refractivity contribution is 5.43. The highest BCUT2D eigenvalue weighted by Gasteiger charge is 2.18. The van der Waals surface area contributed by atoms with E-state index < -0.39 is 0 Å². The number of hydrogen-bond acceptors (Lipinski definition) is 3. The Morgan fingerprint density at radius 3 is 2.12 bits per heavy atom. The molecule has 0 aliphatic heterocycles. The second-order valence-electron chi connectivity index (χ2n) is 7.19. The van der Waals surface area contributed by atoms with Crippen LogP contribution in [-0.2, 0) is 11.8 Å². The molecule has 24 heavy (non-hydrogen) atoms. The van der Waals surface area contributed by atoms with E-state index in [4.69, 9.17) is 15.2 Å². The van der Waals surface area contributed by atoms with Crippen LogP contribution in [0.2, 0.25) is 0 Å². The Kier molecular flexibility index (Phi) is 5.89. The van der Waals surface area contributed by atoms with Gasteiger partial charge in [0.1, 0.15) is 11.5 Å². The van der Waals surface area contributed by atoms with Crippen molar-refractivity contribution in [2.75, 3.05) is 20.8 Å². The zero-order chi connectivity index (χ0) is 17.7. The van der Waals surface area contributed by atoms with Gasteiger partial charge in [0, 0.05) is 11.5 Å². The molecule has 0 aromatic heterocycles. The summed E-state index contributed by atoms with van der Waals surface area (Å²) in [5.41, 5.74) is 9.96. The van der Waals surface area contributed by atoms with Crippen molar-refractivity contribution >= 4 is 0 Å². The van der Waals surface area contributed by atoms with E-state index in [-0.39, 0.29) is 11.3 Å². The van der Waals surface area contributed by atoms with E-state index in [9.17, 15) is 0 Å². The third-order valence-corrected chi connectivity index (χ3v) is 4.46. The smallest absolute Gasteiger partial charge is 0.122 e. The average Bonchev–Trinajstić information content (AvgIpc) is 2.58. The van der Waals surface area contributed by atoms with Crippen molar-refractivity contribution in [3.8, 4) is 11.5 Å². The molecule has 0 fully saturated rings. The van der Waals surface area contributed by atoms with Gasteiger partial charge in [-0.15, -0.1) is 0 Å². The third kappa shape index (κ3) is 4.30. The molecule has 0 saturated heterocycles. The SMILES string of the molecule is COc1ccc(OC)c(C(CN)Cc2ccc(C(C)(C)C)cc2)c1. The summed E-state index contributed by atoms with van der Waals surface area (Å²) >= 11 is 0. The normalized spacial score (nSPS) is 12.8. The van der Waals surface area contributed by atoms with Gasteiger partial charge < -0.3 is 15.2 Å². The molecule has 0 radical (unpaired) electrons. The largest absolute Gasteiger partial charge is 0.497 e. The van der Waals surface area contributed by atoms with Crippen molar-refractivity contribution in [3.05, 3.63) is 59.2 Å². The molecule has 0 saturated carbocycles. The first kappa shape index (κ1) is 18.3. The molecule has 0 aliphatic carbocycles. The minimum Gasteiger partial charge on any atom is -0.497 e. The predicted molar refractivity (Wildman–Crippen MR) is 100 cm³/mol. The molecule has 0 heterocycles. The van der Waals surface area contributed by atoms with Crippen molar-refractivity contribution in [1.29, 1.82) is 0 Å². The molecule has 2 aromatic rings. The molecule has 3 nitrogen and oxygen atoms in total. The Morgan fingerprint density at radius 1 is 0.958 bits per heavy atom. The summed E-state index contributed by atoms with van der Waals surface area (Å²) in [6, 6.07) is 14.7. The maximum atomic E-state index is 6.07. The number of methoxy groups -OCH3 is 2. The topological polar surface area (TPSA) is 44.5 Å². The monoisotopic (exact) mass is 327 g/mol. The van der Waals surface area contributed by atoms with Crippen LogP contribution >= 0.6 is 0 Å². The van der Waals surface area contributed by atoms with Crippen LogP contribution in [0.1, 0.15) is 43.4 Å². The van der Waals surface area contributed by atoms with E-state index in [2.05, 4.69) is 45.0 Å². The van der Waals surface area contributed by atoms with Crippen molar-refractivity contribution < 1.29 is 9.47 Å². The van der Waals surface area contributed by atoms with Gasteiger partial charge in [-0.1, -0.05) is 45.0 Å². The quantitative estimate of drug-likeness (QED) is 0.861. The molecule has 0 aliphatic rings. The van der Waals surface area contributed by atoms with Crippen LogP contribution in [0.5, 0.6) is 11.5 Å². The fraction of sp³-hybridized carbons (Fsp3) is 0.429. The van der Waals surface area contributed by atoms with Gasteiger partial charge in [-0.3, -0.25) is 0 Å². The molecular formula is C21H29NO2. The molecule has 130 valence electrons. The lowest BCUT2D eigenvalue weighted by Gasteiger charge is -2.21. The van der Waals surface area contributed by atoms with E-state index in [1.807, 2.05) is 18.2 Å². The molecule has 0 bridgehead atoms. The maximum absolute atomic E-state index is 6.07. The molecular weight excluding hydrogens is 298 g/mol. The first-order valence-corrected chi connectivity index (χ1v) is 8.40. The maximum Gasteiger partial charge on any atom is 0.122 e. The second kappa shape index (κ2) is 7.71. The van der Waals surface area contributed by atoms with E-state index in [0.29, 0.717) is 6.54 Å². The lowest BCUT2D eigenvalue weighted by Crippen LogP contribution is -2.16. The van der Waals surface area contributed by atoms with Gasteiger partial charge in [-0.25, -0.2) is 0 Å². The zero-order valence-electron chi connectivity index (χ0n) is 15.4. The summed E-state index contributed by atoms with van der Waals surface area (Å²) in [7, 11) is 3.37. The lowest BCUT2D eigenvalue weighted by molar-refractivity contribution is 0.395. The van der Waals surface area contributed by atoms with Crippen LogP contribution in [0.25, 0.3) is 0 Å². The van der Waals surface area contributed by atoms with Gasteiger partial charge in [0.25, 0.3) is 0 Å². The second-order valence-corrected chi connectivity index (χ2v) is 7.19. The van der Waals surface area contributed by atoms with Crippen LogP contribution in [0.15, 0.2) is 42.5 Å². The molecule has 1 unspecified atom stereocenters. The van der Waals surface area contributed by atoms with E-state index in [1.54, 1.807) is 14.2 Å². The molecule has 2 rings (SSSR count). The lowest BCUT2D eigenvalue weighted by atomic mass is 9.85. The average molecular weight is 327 g/mol. The summed E-state index contributed by atoms with van der Waals surface area (Å²) < 4.78 is 10.9. The Balaban J connectivity index is 2.26. The van der Waals surface area contributed by atoms with Crippen molar-refractivity contribution in [3.63, 3.8) is 0 Å². The van der Waals surface area contributed by atoms with E-state index in [1.165, 1.54) is 11.1 Å². The van der Waals surface area contributed by atoms with Gasteiger partial charge in [0.2, 0.25) is 0 Å². The molecule has 3 heteroatoms. The summed E-state index contributed by atoms with van der Waals surface area (Å²) in [4.78, 5) is 0. The predicted octanol–water partition coefficient (Wildman–Crippen LogP) is 4.29. The fourth-order valence-electron chi connectivity index (χ4n) is 2.90. The first-order chi connectivity index (χ1) is 11.4. The number of rotatable bonds is 6. The standard InChI is InChI=1S/C21H29NO2/c1-21(2,3)17-8-6-15(7-9-17)12-16(14-22)19-13-18(23-4)10-11-20(19)24-5/h6-11,13,16H,12,14,22H2,1-5H3. The van der Waals surface area contributed by atoms with E-state index in [0.717, 1.165) is 23.5 Å². The van der Waals surface area contributed by atoms with Gasteiger partial charge in [-0.2, -0.15) is 0 Å². The third-order valence-electron chi connectivity index (χ3n) is 4.46. The number of benzene rings is 2. The van der Waals surface area contributed by atoms with Crippen LogP contribution in [-0.4, -0.2) is 20.8 Å².